The number of halogens is 2. The Balaban J connectivity index is 2.44. The lowest BCUT2D eigenvalue weighted by Gasteiger charge is -2.24. The molecule has 0 unspecified atom stereocenters. The SMILES string of the molecule is Cc1c(C)c(C)c(-c2cccc(-c3c(F)cccc3F)c2[Si](C)C)c(C)c1C. The zero-order valence-electron chi connectivity index (χ0n) is 17.7. The molecule has 0 nitrogen and oxygen atoms in total. The van der Waals surface area contributed by atoms with Crippen molar-refractivity contribution in [3.63, 3.8) is 0 Å². The van der Waals surface area contributed by atoms with Gasteiger partial charge in [0.25, 0.3) is 0 Å². The van der Waals surface area contributed by atoms with Crippen LogP contribution < -0.4 is 5.19 Å². The van der Waals surface area contributed by atoms with Crippen molar-refractivity contribution in [3.8, 4) is 22.3 Å². The molecule has 0 heterocycles. The molecule has 145 valence electrons. The van der Waals surface area contributed by atoms with Crippen LogP contribution in [0.1, 0.15) is 27.8 Å². The molecular formula is C25H27F2Si. The van der Waals surface area contributed by atoms with Crippen LogP contribution in [0.5, 0.6) is 0 Å². The molecule has 28 heavy (non-hydrogen) atoms. The van der Waals surface area contributed by atoms with Crippen LogP contribution in [0.2, 0.25) is 13.1 Å². The van der Waals surface area contributed by atoms with E-state index in [1.165, 1.54) is 51.6 Å². The summed E-state index contributed by atoms with van der Waals surface area (Å²) in [4.78, 5) is 0. The van der Waals surface area contributed by atoms with Gasteiger partial charge < -0.3 is 0 Å². The maximum Gasteiger partial charge on any atom is 0.133 e. The van der Waals surface area contributed by atoms with E-state index in [0.717, 1.165) is 10.8 Å². The molecule has 0 aliphatic carbocycles. The summed E-state index contributed by atoms with van der Waals surface area (Å²) in [6, 6.07) is 9.98. The maximum absolute atomic E-state index is 14.6. The van der Waals surface area contributed by atoms with Gasteiger partial charge in [0.1, 0.15) is 11.6 Å². The highest BCUT2D eigenvalue weighted by molar-refractivity contribution is 6.73. The van der Waals surface area contributed by atoms with Crippen LogP contribution in [0.4, 0.5) is 8.78 Å². The van der Waals surface area contributed by atoms with E-state index >= 15 is 0 Å². The fourth-order valence-corrected chi connectivity index (χ4v) is 5.66. The molecule has 0 saturated heterocycles. The molecule has 0 bridgehead atoms. The van der Waals surface area contributed by atoms with Crippen molar-refractivity contribution in [2.45, 2.75) is 47.7 Å². The average Bonchev–Trinajstić information content (AvgIpc) is 2.65. The zero-order chi connectivity index (χ0) is 20.7. The van der Waals surface area contributed by atoms with E-state index in [0.29, 0.717) is 5.56 Å². The zero-order valence-corrected chi connectivity index (χ0v) is 18.7. The Kier molecular flexibility index (Phi) is 5.58. The second-order valence-corrected chi connectivity index (χ2v) is 10.3. The van der Waals surface area contributed by atoms with Crippen molar-refractivity contribution < 1.29 is 8.78 Å². The Hall–Kier alpha value is -2.26. The Morgan fingerprint density at radius 3 is 1.43 bits per heavy atom. The summed E-state index contributed by atoms with van der Waals surface area (Å²) in [6.07, 6.45) is 0. The smallest absolute Gasteiger partial charge is 0.133 e. The first-order valence-electron chi connectivity index (χ1n) is 9.62. The Bertz CT molecular complexity index is 1020. The molecule has 3 aromatic rings. The van der Waals surface area contributed by atoms with Crippen LogP contribution in [0.3, 0.4) is 0 Å². The van der Waals surface area contributed by atoms with Crippen molar-refractivity contribution in [2.75, 3.05) is 0 Å². The van der Waals surface area contributed by atoms with Crippen molar-refractivity contribution in [1.29, 1.82) is 0 Å². The molecule has 3 heteroatoms. The molecule has 0 atom stereocenters. The molecule has 0 aromatic heterocycles. The summed E-state index contributed by atoms with van der Waals surface area (Å²) in [7, 11) is -1.00. The molecule has 0 aliphatic heterocycles. The summed E-state index contributed by atoms with van der Waals surface area (Å²) in [5.74, 6) is -1.02. The third kappa shape index (κ3) is 3.22. The van der Waals surface area contributed by atoms with Gasteiger partial charge in [-0.05, 0) is 96.4 Å². The van der Waals surface area contributed by atoms with Crippen molar-refractivity contribution >= 4 is 14.0 Å². The Morgan fingerprint density at radius 1 is 0.571 bits per heavy atom. The van der Waals surface area contributed by atoms with E-state index < -0.39 is 20.4 Å². The molecule has 0 fully saturated rings. The normalized spacial score (nSPS) is 11.4. The molecular weight excluding hydrogens is 366 g/mol. The molecule has 3 aromatic carbocycles. The number of benzene rings is 3. The summed E-state index contributed by atoms with van der Waals surface area (Å²) in [6.45, 7) is 15.2. The molecule has 0 aliphatic rings. The number of hydrogen-bond acceptors (Lipinski definition) is 0. The highest BCUT2D eigenvalue weighted by atomic mass is 28.3. The van der Waals surface area contributed by atoms with Gasteiger partial charge in [-0.3, -0.25) is 0 Å². The van der Waals surface area contributed by atoms with E-state index in [2.05, 4.69) is 53.8 Å². The lowest BCUT2D eigenvalue weighted by Crippen LogP contribution is -2.28. The van der Waals surface area contributed by atoms with Crippen LogP contribution in [-0.2, 0) is 0 Å². The minimum Gasteiger partial charge on any atom is -0.206 e. The fourth-order valence-electron chi connectivity index (χ4n) is 4.17. The molecule has 0 N–H and O–H groups in total. The third-order valence-corrected chi connectivity index (χ3v) is 7.60. The number of hydrogen-bond donors (Lipinski definition) is 0. The average molecular weight is 394 g/mol. The predicted octanol–water partition coefficient (Wildman–Crippen LogP) is 6.80. The topological polar surface area (TPSA) is 0 Å². The molecule has 1 radical (unpaired) electrons. The lowest BCUT2D eigenvalue weighted by molar-refractivity contribution is 0.590. The highest BCUT2D eigenvalue weighted by Crippen LogP contribution is 2.36. The van der Waals surface area contributed by atoms with Gasteiger partial charge in [0.05, 0.1) is 14.4 Å². The van der Waals surface area contributed by atoms with Gasteiger partial charge in [0.15, 0.2) is 0 Å². The first-order chi connectivity index (χ1) is 13.2. The van der Waals surface area contributed by atoms with E-state index in [-0.39, 0.29) is 5.56 Å². The third-order valence-electron chi connectivity index (χ3n) is 6.07. The Morgan fingerprint density at radius 2 is 0.964 bits per heavy atom. The van der Waals surface area contributed by atoms with Crippen LogP contribution in [0, 0.1) is 46.3 Å². The molecule has 0 saturated carbocycles. The maximum atomic E-state index is 14.6. The van der Waals surface area contributed by atoms with Crippen LogP contribution in [0.15, 0.2) is 36.4 Å². The van der Waals surface area contributed by atoms with Gasteiger partial charge in [0.2, 0.25) is 0 Å². The summed E-state index contributed by atoms with van der Waals surface area (Å²) < 4.78 is 29.2. The number of rotatable bonds is 3. The van der Waals surface area contributed by atoms with Gasteiger partial charge in [-0.15, -0.1) is 0 Å². The van der Waals surface area contributed by atoms with E-state index in [4.69, 9.17) is 0 Å². The van der Waals surface area contributed by atoms with Gasteiger partial charge in [-0.1, -0.05) is 37.4 Å². The second-order valence-electron chi connectivity index (χ2n) is 7.82. The monoisotopic (exact) mass is 393 g/mol. The highest BCUT2D eigenvalue weighted by Gasteiger charge is 2.23. The standard InChI is InChI=1S/C25H27F2Si/c1-14-15(2)17(4)23(18(5)16(14)3)19-10-8-11-20(25(19)28(6)7)24-21(26)12-9-13-22(24)27/h8-13H,1-7H3. The second kappa shape index (κ2) is 7.63. The van der Waals surface area contributed by atoms with Crippen LogP contribution >= 0.6 is 0 Å². The lowest BCUT2D eigenvalue weighted by atomic mass is 9.85. The van der Waals surface area contributed by atoms with Crippen molar-refractivity contribution in [2.24, 2.45) is 0 Å². The van der Waals surface area contributed by atoms with Gasteiger partial charge in [-0.2, -0.15) is 0 Å². The summed E-state index contributed by atoms with van der Waals surface area (Å²) in [5.41, 5.74) is 9.46. The van der Waals surface area contributed by atoms with Crippen molar-refractivity contribution in [1.82, 2.24) is 0 Å². The molecule has 0 amide bonds. The van der Waals surface area contributed by atoms with Crippen molar-refractivity contribution in [3.05, 3.63) is 75.8 Å². The van der Waals surface area contributed by atoms with E-state index in [1.54, 1.807) is 0 Å². The molecule has 0 spiro atoms. The summed E-state index contributed by atoms with van der Waals surface area (Å²) in [5, 5.41) is 1.09. The predicted molar refractivity (Wildman–Crippen MR) is 118 cm³/mol. The summed E-state index contributed by atoms with van der Waals surface area (Å²) >= 11 is 0. The fraction of sp³-hybridized carbons (Fsp3) is 0.280. The van der Waals surface area contributed by atoms with E-state index in [9.17, 15) is 8.78 Å². The minimum absolute atomic E-state index is 0.0846. The van der Waals surface area contributed by atoms with Crippen LogP contribution in [0.25, 0.3) is 22.3 Å². The molecule has 3 rings (SSSR count). The van der Waals surface area contributed by atoms with Gasteiger partial charge in [-0.25, -0.2) is 8.78 Å². The van der Waals surface area contributed by atoms with Gasteiger partial charge in [0, 0.05) is 0 Å². The Labute approximate surface area is 168 Å². The first-order valence-corrected chi connectivity index (χ1v) is 12.1. The van der Waals surface area contributed by atoms with Gasteiger partial charge >= 0.3 is 0 Å². The minimum atomic E-state index is -1.00. The quantitative estimate of drug-likeness (QED) is 0.429. The first kappa shape index (κ1) is 20.5. The van der Waals surface area contributed by atoms with E-state index in [1.807, 2.05) is 12.1 Å². The van der Waals surface area contributed by atoms with Crippen LogP contribution in [-0.4, -0.2) is 8.80 Å². The largest absolute Gasteiger partial charge is 0.206 e.